The van der Waals surface area contributed by atoms with Gasteiger partial charge in [-0.3, -0.25) is 4.90 Å². The fourth-order valence-electron chi connectivity index (χ4n) is 4.34. The predicted octanol–water partition coefficient (Wildman–Crippen LogP) is 2.35. The summed E-state index contributed by atoms with van der Waals surface area (Å²) in [6.07, 6.45) is 5.92. The highest BCUT2D eigenvalue weighted by Gasteiger charge is 2.42. The molecule has 3 rings (SSSR count). The number of fused-ring (bicyclic) bond motifs is 1. The Morgan fingerprint density at radius 1 is 1.06 bits per heavy atom. The van der Waals surface area contributed by atoms with Gasteiger partial charge in [0.2, 0.25) is 0 Å². The van der Waals surface area contributed by atoms with Gasteiger partial charge in [-0.1, -0.05) is 19.8 Å². The predicted molar refractivity (Wildman–Crippen MR) is 72.0 cm³/mol. The second-order valence-electron chi connectivity index (χ2n) is 6.90. The monoisotopic (exact) mass is 236 g/mol. The summed E-state index contributed by atoms with van der Waals surface area (Å²) in [5, 5.41) is 3.56. The van der Waals surface area contributed by atoms with Crippen molar-refractivity contribution in [2.75, 3.05) is 26.2 Å². The first-order valence-electron chi connectivity index (χ1n) is 7.69. The zero-order valence-electron chi connectivity index (χ0n) is 11.5. The van der Waals surface area contributed by atoms with Crippen molar-refractivity contribution >= 4 is 0 Å². The van der Waals surface area contributed by atoms with Gasteiger partial charge in [0, 0.05) is 19.1 Å². The number of likely N-dealkylation sites (tertiary alicyclic amines) is 1. The maximum Gasteiger partial charge on any atom is 0.0111 e. The maximum absolute atomic E-state index is 3.56. The Bertz CT molecular complexity index is 258. The lowest BCUT2D eigenvalue weighted by molar-refractivity contribution is 0.167. The molecule has 98 valence electrons. The SMILES string of the molecule is CC1CCC(CN2CC3CNCC3C2C)CC1. The van der Waals surface area contributed by atoms with Crippen LogP contribution in [-0.2, 0) is 0 Å². The molecule has 3 fully saturated rings. The smallest absolute Gasteiger partial charge is 0.0111 e. The van der Waals surface area contributed by atoms with Crippen molar-refractivity contribution in [3.8, 4) is 0 Å². The fraction of sp³-hybridized carbons (Fsp3) is 1.00. The number of rotatable bonds is 2. The molecule has 1 N–H and O–H groups in total. The molecule has 3 unspecified atom stereocenters. The molecule has 0 aromatic carbocycles. The number of nitrogens with one attached hydrogen (secondary N) is 1. The van der Waals surface area contributed by atoms with E-state index in [4.69, 9.17) is 0 Å². The molecule has 3 aliphatic rings. The summed E-state index contributed by atoms with van der Waals surface area (Å²) in [5.74, 6) is 3.89. The van der Waals surface area contributed by atoms with Gasteiger partial charge in [-0.15, -0.1) is 0 Å². The summed E-state index contributed by atoms with van der Waals surface area (Å²) >= 11 is 0. The Balaban J connectivity index is 1.52. The van der Waals surface area contributed by atoms with Crippen LogP contribution in [0.1, 0.15) is 39.5 Å². The highest BCUT2D eigenvalue weighted by Crippen LogP contribution is 2.35. The number of hydrogen-bond donors (Lipinski definition) is 1. The van der Waals surface area contributed by atoms with Gasteiger partial charge >= 0.3 is 0 Å². The normalized spacial score (nSPS) is 47.3. The molecule has 0 aromatic heterocycles. The minimum absolute atomic E-state index is 0.828. The van der Waals surface area contributed by atoms with Crippen LogP contribution in [0.3, 0.4) is 0 Å². The Hall–Kier alpha value is -0.0800. The second-order valence-corrected chi connectivity index (χ2v) is 6.90. The Kier molecular flexibility index (Phi) is 3.45. The van der Waals surface area contributed by atoms with Crippen LogP contribution in [0.25, 0.3) is 0 Å². The van der Waals surface area contributed by atoms with Gasteiger partial charge in [0.1, 0.15) is 0 Å². The van der Waals surface area contributed by atoms with Gasteiger partial charge in [0.25, 0.3) is 0 Å². The summed E-state index contributed by atoms with van der Waals surface area (Å²) < 4.78 is 0. The van der Waals surface area contributed by atoms with Crippen molar-refractivity contribution in [2.45, 2.75) is 45.6 Å². The quantitative estimate of drug-likeness (QED) is 0.792. The number of hydrogen-bond acceptors (Lipinski definition) is 2. The van der Waals surface area contributed by atoms with Gasteiger partial charge in [-0.25, -0.2) is 0 Å². The van der Waals surface area contributed by atoms with E-state index in [1.807, 2.05) is 0 Å². The topological polar surface area (TPSA) is 15.3 Å². The molecule has 3 atom stereocenters. The Morgan fingerprint density at radius 3 is 2.53 bits per heavy atom. The first-order valence-corrected chi connectivity index (χ1v) is 7.69. The molecule has 2 heterocycles. The minimum atomic E-state index is 0.828. The van der Waals surface area contributed by atoms with Crippen molar-refractivity contribution < 1.29 is 0 Å². The lowest BCUT2D eigenvalue weighted by Crippen LogP contribution is -2.37. The molecule has 2 saturated heterocycles. The van der Waals surface area contributed by atoms with E-state index >= 15 is 0 Å². The first-order chi connectivity index (χ1) is 8.24. The molecule has 17 heavy (non-hydrogen) atoms. The van der Waals surface area contributed by atoms with Crippen molar-refractivity contribution in [3.05, 3.63) is 0 Å². The highest BCUT2D eigenvalue weighted by molar-refractivity contribution is 4.97. The summed E-state index contributed by atoms with van der Waals surface area (Å²) in [7, 11) is 0. The fourth-order valence-corrected chi connectivity index (χ4v) is 4.34. The summed E-state index contributed by atoms with van der Waals surface area (Å²) in [6.45, 7) is 10.2. The molecule has 0 aromatic rings. The molecule has 2 heteroatoms. The molecular weight excluding hydrogens is 208 g/mol. The molecule has 0 amide bonds. The van der Waals surface area contributed by atoms with E-state index < -0.39 is 0 Å². The van der Waals surface area contributed by atoms with E-state index in [-0.39, 0.29) is 0 Å². The largest absolute Gasteiger partial charge is 0.316 e. The molecule has 2 aliphatic heterocycles. The van der Waals surface area contributed by atoms with Gasteiger partial charge in [-0.2, -0.15) is 0 Å². The van der Waals surface area contributed by atoms with Crippen LogP contribution in [0.2, 0.25) is 0 Å². The van der Waals surface area contributed by atoms with Crippen LogP contribution in [0, 0.1) is 23.7 Å². The summed E-state index contributed by atoms with van der Waals surface area (Å²) in [6, 6.07) is 0.828. The van der Waals surface area contributed by atoms with Crippen LogP contribution < -0.4 is 5.32 Å². The van der Waals surface area contributed by atoms with Crippen molar-refractivity contribution in [1.82, 2.24) is 10.2 Å². The number of nitrogens with zero attached hydrogens (tertiary/aromatic N) is 1. The van der Waals surface area contributed by atoms with Crippen molar-refractivity contribution in [1.29, 1.82) is 0 Å². The van der Waals surface area contributed by atoms with E-state index in [2.05, 4.69) is 24.1 Å². The van der Waals surface area contributed by atoms with Crippen molar-refractivity contribution in [3.63, 3.8) is 0 Å². The Morgan fingerprint density at radius 2 is 1.82 bits per heavy atom. The molecule has 2 nitrogen and oxygen atoms in total. The summed E-state index contributed by atoms with van der Waals surface area (Å²) in [5.41, 5.74) is 0. The third-order valence-corrected chi connectivity index (χ3v) is 5.68. The molecule has 0 radical (unpaired) electrons. The lowest BCUT2D eigenvalue weighted by Gasteiger charge is -2.32. The third kappa shape index (κ3) is 2.39. The second kappa shape index (κ2) is 4.89. The van der Waals surface area contributed by atoms with Gasteiger partial charge in [0.15, 0.2) is 0 Å². The van der Waals surface area contributed by atoms with E-state index in [1.165, 1.54) is 51.9 Å². The zero-order valence-corrected chi connectivity index (χ0v) is 11.5. The molecular formula is C15H28N2. The van der Waals surface area contributed by atoms with E-state index in [1.54, 1.807) is 0 Å². The van der Waals surface area contributed by atoms with E-state index in [0.29, 0.717) is 0 Å². The standard InChI is InChI=1S/C15H28N2/c1-11-3-5-13(6-4-11)9-17-10-14-7-16-8-15(14)12(17)2/h11-16H,3-10H2,1-2H3. The van der Waals surface area contributed by atoms with Crippen LogP contribution in [-0.4, -0.2) is 37.1 Å². The van der Waals surface area contributed by atoms with Crippen LogP contribution >= 0.6 is 0 Å². The lowest BCUT2D eigenvalue weighted by atomic mass is 9.82. The van der Waals surface area contributed by atoms with Crippen molar-refractivity contribution in [2.24, 2.45) is 23.7 Å². The molecule has 1 aliphatic carbocycles. The van der Waals surface area contributed by atoms with Crippen LogP contribution in [0.4, 0.5) is 0 Å². The first kappa shape index (κ1) is 12.0. The van der Waals surface area contributed by atoms with Crippen LogP contribution in [0.15, 0.2) is 0 Å². The average Bonchev–Trinajstić information content (AvgIpc) is 2.87. The molecule has 1 saturated carbocycles. The molecule has 0 bridgehead atoms. The zero-order chi connectivity index (χ0) is 11.8. The Labute approximate surface area is 106 Å². The third-order valence-electron chi connectivity index (χ3n) is 5.68. The van der Waals surface area contributed by atoms with Gasteiger partial charge < -0.3 is 5.32 Å². The highest BCUT2D eigenvalue weighted by atomic mass is 15.2. The van der Waals surface area contributed by atoms with E-state index in [0.717, 1.165) is 29.7 Å². The van der Waals surface area contributed by atoms with E-state index in [9.17, 15) is 0 Å². The minimum Gasteiger partial charge on any atom is -0.316 e. The molecule has 0 spiro atoms. The average molecular weight is 236 g/mol. The summed E-state index contributed by atoms with van der Waals surface area (Å²) in [4.78, 5) is 2.80. The van der Waals surface area contributed by atoms with Gasteiger partial charge in [0.05, 0.1) is 0 Å². The van der Waals surface area contributed by atoms with Gasteiger partial charge in [-0.05, 0) is 56.5 Å². The maximum atomic E-state index is 3.56. The van der Waals surface area contributed by atoms with Crippen LogP contribution in [0.5, 0.6) is 0 Å².